The lowest BCUT2D eigenvalue weighted by atomic mass is 10.2. The first kappa shape index (κ1) is 14.4. The second-order valence-electron chi connectivity index (χ2n) is 3.82. The highest BCUT2D eigenvalue weighted by Crippen LogP contribution is 2.23. The molecule has 0 radical (unpaired) electrons. The molecule has 1 rings (SSSR count). The topological polar surface area (TPSA) is 21.6 Å². The van der Waals surface area contributed by atoms with Crippen molar-refractivity contribution < 1.29 is 26.8 Å². The summed E-state index contributed by atoms with van der Waals surface area (Å²) in [6.45, 7) is 2.70. The molecule has 1 aromatic carbocycles. The van der Waals surface area contributed by atoms with E-state index in [-0.39, 0.29) is 5.92 Å². The summed E-state index contributed by atoms with van der Waals surface area (Å²) in [5, 5.41) is 3.33. The summed E-state index contributed by atoms with van der Waals surface area (Å²) < 4.78 is 64.5. The number of hydrogen-bond acceptors (Lipinski definition) is 2. The van der Waals surface area contributed by atoms with E-state index >= 15 is 0 Å². The van der Waals surface area contributed by atoms with Gasteiger partial charge in [0.2, 0.25) is 5.82 Å². The van der Waals surface area contributed by atoms with E-state index in [1.807, 2.05) is 0 Å². The molecule has 0 heterocycles. The fraction of sp³-hybridized carbons (Fsp3) is 0.364. The molecule has 0 aromatic heterocycles. The standard InChI is InChI=1S/C11H10F5NO/c1-5(2)3-17-18-4-6-7(12)9(14)11(16)10(15)8(6)13/h3,5H,4H2,1-2H3. The molecule has 0 amide bonds. The van der Waals surface area contributed by atoms with Crippen LogP contribution < -0.4 is 0 Å². The molecular formula is C11H10F5NO. The van der Waals surface area contributed by atoms with Crippen molar-refractivity contribution in [2.75, 3.05) is 0 Å². The number of benzene rings is 1. The number of oxime groups is 1. The van der Waals surface area contributed by atoms with Gasteiger partial charge in [-0.2, -0.15) is 0 Å². The van der Waals surface area contributed by atoms with E-state index in [0.717, 1.165) is 0 Å². The minimum Gasteiger partial charge on any atom is -0.391 e. The molecule has 0 aliphatic heterocycles. The minimum absolute atomic E-state index is 0.0291. The molecule has 100 valence electrons. The third-order valence-corrected chi connectivity index (χ3v) is 1.94. The Bertz CT molecular complexity index is 444. The Morgan fingerprint density at radius 3 is 1.83 bits per heavy atom. The van der Waals surface area contributed by atoms with Crippen molar-refractivity contribution in [1.82, 2.24) is 0 Å². The van der Waals surface area contributed by atoms with Crippen LogP contribution in [0.25, 0.3) is 0 Å². The quantitative estimate of drug-likeness (QED) is 0.269. The second-order valence-corrected chi connectivity index (χ2v) is 3.82. The summed E-state index contributed by atoms with van der Waals surface area (Å²) in [7, 11) is 0. The van der Waals surface area contributed by atoms with Crippen molar-refractivity contribution >= 4 is 6.21 Å². The van der Waals surface area contributed by atoms with Gasteiger partial charge in [-0.1, -0.05) is 19.0 Å². The molecule has 0 saturated carbocycles. The van der Waals surface area contributed by atoms with Crippen LogP contribution in [0.1, 0.15) is 19.4 Å². The number of halogens is 5. The monoisotopic (exact) mass is 267 g/mol. The molecule has 0 fully saturated rings. The highest BCUT2D eigenvalue weighted by atomic mass is 19.2. The summed E-state index contributed by atoms with van der Waals surface area (Å²) in [4.78, 5) is 4.48. The van der Waals surface area contributed by atoms with Gasteiger partial charge in [0, 0.05) is 6.21 Å². The fourth-order valence-electron chi connectivity index (χ4n) is 1.04. The smallest absolute Gasteiger partial charge is 0.200 e. The molecule has 18 heavy (non-hydrogen) atoms. The average molecular weight is 267 g/mol. The molecule has 0 N–H and O–H groups in total. The normalized spacial score (nSPS) is 11.6. The van der Waals surface area contributed by atoms with E-state index in [1.165, 1.54) is 6.21 Å². The second kappa shape index (κ2) is 5.79. The molecular weight excluding hydrogens is 257 g/mol. The number of rotatable bonds is 4. The summed E-state index contributed by atoms with van der Waals surface area (Å²) in [6.07, 6.45) is 1.33. The van der Waals surface area contributed by atoms with Crippen molar-refractivity contribution in [1.29, 1.82) is 0 Å². The summed E-state index contributed by atoms with van der Waals surface area (Å²) in [5.74, 6) is -9.99. The first-order valence-corrected chi connectivity index (χ1v) is 5.02. The van der Waals surface area contributed by atoms with Gasteiger partial charge in [0.1, 0.15) is 6.61 Å². The van der Waals surface area contributed by atoms with Crippen LogP contribution in [0.15, 0.2) is 5.16 Å². The lowest BCUT2D eigenvalue weighted by molar-refractivity contribution is 0.123. The zero-order valence-corrected chi connectivity index (χ0v) is 9.61. The number of hydrogen-bond donors (Lipinski definition) is 0. The molecule has 1 aromatic rings. The van der Waals surface area contributed by atoms with Crippen LogP contribution in [-0.2, 0) is 11.4 Å². The van der Waals surface area contributed by atoms with Gasteiger partial charge in [0.25, 0.3) is 0 Å². The highest BCUT2D eigenvalue weighted by molar-refractivity contribution is 5.58. The van der Waals surface area contributed by atoms with Crippen LogP contribution in [0.5, 0.6) is 0 Å². The van der Waals surface area contributed by atoms with Gasteiger partial charge in [-0.3, -0.25) is 0 Å². The first-order valence-electron chi connectivity index (χ1n) is 5.02. The maximum absolute atomic E-state index is 13.1. The Labute approximate surface area is 100 Å². The SMILES string of the molecule is CC(C)C=NOCc1c(F)c(F)c(F)c(F)c1F. The van der Waals surface area contributed by atoms with Crippen LogP contribution in [0, 0.1) is 35.0 Å². The van der Waals surface area contributed by atoms with Gasteiger partial charge >= 0.3 is 0 Å². The van der Waals surface area contributed by atoms with Crippen molar-refractivity contribution in [3.63, 3.8) is 0 Å². The average Bonchev–Trinajstić information content (AvgIpc) is 2.32. The van der Waals surface area contributed by atoms with Crippen LogP contribution in [0.2, 0.25) is 0 Å². The van der Waals surface area contributed by atoms with Crippen molar-refractivity contribution in [3.8, 4) is 0 Å². The van der Waals surface area contributed by atoms with Gasteiger partial charge in [0.15, 0.2) is 23.3 Å². The van der Waals surface area contributed by atoms with Crippen LogP contribution in [0.3, 0.4) is 0 Å². The zero-order chi connectivity index (χ0) is 13.9. The van der Waals surface area contributed by atoms with Gasteiger partial charge in [0.05, 0.1) is 5.56 Å². The third kappa shape index (κ3) is 2.96. The Balaban J connectivity index is 2.96. The van der Waals surface area contributed by atoms with Crippen LogP contribution in [-0.4, -0.2) is 6.21 Å². The Hall–Kier alpha value is -1.66. The third-order valence-electron chi connectivity index (χ3n) is 1.94. The molecule has 0 spiro atoms. The van der Waals surface area contributed by atoms with Crippen LogP contribution >= 0.6 is 0 Å². The molecule has 7 heteroatoms. The maximum Gasteiger partial charge on any atom is 0.200 e. The lowest BCUT2D eigenvalue weighted by Gasteiger charge is -2.06. The fourth-order valence-corrected chi connectivity index (χ4v) is 1.04. The first-order chi connectivity index (χ1) is 8.36. The summed E-state index contributed by atoms with van der Waals surface area (Å²) in [5.41, 5.74) is -1.05. The zero-order valence-electron chi connectivity index (χ0n) is 9.61. The van der Waals surface area contributed by atoms with E-state index in [0.29, 0.717) is 0 Å². The van der Waals surface area contributed by atoms with Crippen molar-refractivity contribution in [2.24, 2.45) is 11.1 Å². The summed E-state index contributed by atoms with van der Waals surface area (Å²) >= 11 is 0. The Kier molecular flexibility index (Phi) is 4.63. The van der Waals surface area contributed by atoms with Gasteiger partial charge in [-0.15, -0.1) is 0 Å². The highest BCUT2D eigenvalue weighted by Gasteiger charge is 2.25. The Morgan fingerprint density at radius 2 is 1.39 bits per heavy atom. The van der Waals surface area contributed by atoms with E-state index < -0.39 is 41.3 Å². The molecule has 0 unspecified atom stereocenters. The van der Waals surface area contributed by atoms with E-state index in [4.69, 9.17) is 0 Å². The van der Waals surface area contributed by atoms with Crippen LogP contribution in [0.4, 0.5) is 22.0 Å². The van der Waals surface area contributed by atoms with Gasteiger partial charge in [-0.05, 0) is 5.92 Å². The summed E-state index contributed by atoms with van der Waals surface area (Å²) in [6, 6.07) is 0. The number of nitrogens with zero attached hydrogens (tertiary/aromatic N) is 1. The lowest BCUT2D eigenvalue weighted by Crippen LogP contribution is -2.07. The van der Waals surface area contributed by atoms with E-state index in [2.05, 4.69) is 9.99 Å². The molecule has 0 aliphatic carbocycles. The van der Waals surface area contributed by atoms with Gasteiger partial charge in [-0.25, -0.2) is 22.0 Å². The largest absolute Gasteiger partial charge is 0.391 e. The van der Waals surface area contributed by atoms with Crippen molar-refractivity contribution in [3.05, 3.63) is 34.6 Å². The minimum atomic E-state index is -2.19. The predicted octanol–water partition coefficient (Wildman–Crippen LogP) is 3.54. The van der Waals surface area contributed by atoms with E-state index in [9.17, 15) is 22.0 Å². The maximum atomic E-state index is 13.1. The van der Waals surface area contributed by atoms with Crippen molar-refractivity contribution in [2.45, 2.75) is 20.5 Å². The van der Waals surface area contributed by atoms with E-state index in [1.54, 1.807) is 13.8 Å². The molecule has 0 bridgehead atoms. The Morgan fingerprint density at radius 1 is 0.944 bits per heavy atom. The molecule has 0 saturated heterocycles. The predicted molar refractivity (Wildman–Crippen MR) is 54.4 cm³/mol. The molecule has 2 nitrogen and oxygen atoms in total. The van der Waals surface area contributed by atoms with Gasteiger partial charge < -0.3 is 4.84 Å². The molecule has 0 atom stereocenters. The molecule has 0 aliphatic rings.